The molecule has 2 aliphatic carbocycles. The molecular weight excluding hydrogens is 360 g/mol. The van der Waals surface area contributed by atoms with E-state index in [1.54, 1.807) is 0 Å². The number of Topliss-reactive ketones (excluding diaryl/α,β-unsaturated/α-hetero) is 1. The van der Waals surface area contributed by atoms with Crippen LogP contribution in [0, 0.1) is 28.6 Å². The molecule has 0 amide bonds. The van der Waals surface area contributed by atoms with E-state index in [1.807, 2.05) is 6.92 Å². The third-order valence-corrected chi connectivity index (χ3v) is 8.07. The van der Waals surface area contributed by atoms with Crippen LogP contribution >= 0.6 is 0 Å². The minimum Gasteiger partial charge on any atom is -0.462 e. The van der Waals surface area contributed by atoms with Gasteiger partial charge in [-0.05, 0) is 29.2 Å². The van der Waals surface area contributed by atoms with E-state index in [-0.39, 0.29) is 30.7 Å². The van der Waals surface area contributed by atoms with Crippen molar-refractivity contribution in [1.82, 2.24) is 0 Å². The summed E-state index contributed by atoms with van der Waals surface area (Å²) in [5.74, 6) is -0.569. The standard InChI is InChI=1S/C22H30O6/c1-11(2)14-7-15(24)18-19-22(12(3)10-26-19)21(6,9-17(25)28-22)16(27-13(4)23)8-20(14,18)5/h11,14,16,18-19H,3,7-10H2,1-2,4-6H3. The highest BCUT2D eigenvalue weighted by molar-refractivity contribution is 5.87. The first-order valence-corrected chi connectivity index (χ1v) is 10.2. The molecule has 4 rings (SSSR count). The van der Waals surface area contributed by atoms with Crippen LogP contribution < -0.4 is 0 Å². The van der Waals surface area contributed by atoms with Gasteiger partial charge >= 0.3 is 11.9 Å². The average molecular weight is 390 g/mol. The third kappa shape index (κ3) is 2.21. The van der Waals surface area contributed by atoms with Gasteiger partial charge in [0.05, 0.1) is 24.4 Å². The van der Waals surface area contributed by atoms with Crippen molar-refractivity contribution in [3.05, 3.63) is 12.2 Å². The molecule has 0 aromatic carbocycles. The van der Waals surface area contributed by atoms with Crippen LogP contribution in [-0.2, 0) is 28.6 Å². The third-order valence-electron chi connectivity index (χ3n) is 8.07. The van der Waals surface area contributed by atoms with Crippen LogP contribution in [0.25, 0.3) is 0 Å². The lowest BCUT2D eigenvalue weighted by molar-refractivity contribution is -0.172. The van der Waals surface area contributed by atoms with Crippen LogP contribution in [-0.4, -0.2) is 42.1 Å². The summed E-state index contributed by atoms with van der Waals surface area (Å²) in [5, 5.41) is 0. The zero-order chi connectivity index (χ0) is 20.6. The number of fused-ring (bicyclic) bond motifs is 2. The van der Waals surface area contributed by atoms with Crippen molar-refractivity contribution < 1.29 is 28.6 Å². The van der Waals surface area contributed by atoms with Crippen LogP contribution in [0.3, 0.4) is 0 Å². The Bertz CT molecular complexity index is 771. The molecule has 154 valence electrons. The van der Waals surface area contributed by atoms with Gasteiger partial charge in [0.25, 0.3) is 0 Å². The lowest BCUT2D eigenvalue weighted by atomic mass is 9.64. The average Bonchev–Trinajstić information content (AvgIpc) is 3.11. The zero-order valence-electron chi connectivity index (χ0n) is 17.4. The molecule has 2 saturated heterocycles. The number of hydrogen-bond donors (Lipinski definition) is 0. The number of carbonyl (C=O) groups is 3. The second-order valence-electron chi connectivity index (χ2n) is 9.95. The fraction of sp³-hybridized carbons (Fsp3) is 0.773. The molecule has 6 nitrogen and oxygen atoms in total. The fourth-order valence-electron chi connectivity index (χ4n) is 6.88. The van der Waals surface area contributed by atoms with Gasteiger partial charge in [-0.25, -0.2) is 0 Å². The van der Waals surface area contributed by atoms with Crippen LogP contribution in [0.2, 0.25) is 0 Å². The maximum absolute atomic E-state index is 13.3. The highest BCUT2D eigenvalue weighted by Gasteiger charge is 2.77. The minimum atomic E-state index is -1.13. The maximum Gasteiger partial charge on any atom is 0.307 e. The van der Waals surface area contributed by atoms with Gasteiger partial charge in [0, 0.05) is 13.3 Å². The lowest BCUT2D eigenvalue weighted by Crippen LogP contribution is -2.57. The van der Waals surface area contributed by atoms with Gasteiger partial charge in [-0.1, -0.05) is 34.3 Å². The summed E-state index contributed by atoms with van der Waals surface area (Å²) in [7, 11) is 0. The molecule has 7 atom stereocenters. The number of ketones is 1. The molecule has 28 heavy (non-hydrogen) atoms. The van der Waals surface area contributed by atoms with E-state index in [4.69, 9.17) is 14.2 Å². The molecule has 0 radical (unpaired) electrons. The number of hydrogen-bond acceptors (Lipinski definition) is 6. The minimum absolute atomic E-state index is 0.118. The molecule has 2 heterocycles. The summed E-state index contributed by atoms with van der Waals surface area (Å²) in [6.45, 7) is 14.1. The maximum atomic E-state index is 13.3. The summed E-state index contributed by atoms with van der Waals surface area (Å²) in [5.41, 5.74) is -1.70. The van der Waals surface area contributed by atoms with E-state index in [1.165, 1.54) is 6.92 Å². The van der Waals surface area contributed by atoms with E-state index in [0.29, 0.717) is 24.3 Å². The molecule has 0 N–H and O–H groups in total. The van der Waals surface area contributed by atoms with Crippen LogP contribution in [0.4, 0.5) is 0 Å². The molecule has 0 aromatic rings. The predicted octanol–water partition coefficient (Wildman–Crippen LogP) is 2.84. The topological polar surface area (TPSA) is 78.9 Å². The Morgan fingerprint density at radius 1 is 1.29 bits per heavy atom. The van der Waals surface area contributed by atoms with Crippen molar-refractivity contribution >= 4 is 17.7 Å². The number of esters is 2. The SMILES string of the molecule is C=C1COC2C3C(=O)CC(C(C)C)C3(C)CC(OC(C)=O)C3(C)CC(=O)OC123. The first-order valence-electron chi connectivity index (χ1n) is 10.2. The molecule has 1 spiro atoms. The van der Waals surface area contributed by atoms with E-state index in [0.717, 1.165) is 0 Å². The van der Waals surface area contributed by atoms with Gasteiger partial charge in [-0.3, -0.25) is 14.4 Å². The Morgan fingerprint density at radius 2 is 1.96 bits per heavy atom. The highest BCUT2D eigenvalue weighted by Crippen LogP contribution is 2.67. The lowest BCUT2D eigenvalue weighted by Gasteiger charge is -2.44. The summed E-state index contributed by atoms with van der Waals surface area (Å²) in [6, 6.07) is 0. The van der Waals surface area contributed by atoms with Gasteiger partial charge in [-0.15, -0.1) is 0 Å². The molecule has 4 aliphatic rings. The van der Waals surface area contributed by atoms with Gasteiger partial charge in [-0.2, -0.15) is 0 Å². The van der Waals surface area contributed by atoms with Crippen molar-refractivity contribution in [2.45, 2.75) is 71.7 Å². The Labute approximate surface area is 166 Å². The number of carbonyl (C=O) groups excluding carboxylic acids is 3. The number of rotatable bonds is 2. The van der Waals surface area contributed by atoms with Crippen LogP contribution in [0.15, 0.2) is 12.2 Å². The summed E-state index contributed by atoms with van der Waals surface area (Å²) < 4.78 is 18.0. The molecule has 0 aromatic heterocycles. The zero-order valence-corrected chi connectivity index (χ0v) is 17.4. The summed E-state index contributed by atoms with van der Waals surface area (Å²) in [6.07, 6.45) is -0.0440. The van der Waals surface area contributed by atoms with Crippen molar-refractivity contribution in [3.8, 4) is 0 Å². The van der Waals surface area contributed by atoms with E-state index in [9.17, 15) is 14.4 Å². The smallest absolute Gasteiger partial charge is 0.307 e. The quantitative estimate of drug-likeness (QED) is 0.533. The van der Waals surface area contributed by atoms with Gasteiger partial charge in [0.15, 0.2) is 5.60 Å². The molecule has 6 heteroatoms. The van der Waals surface area contributed by atoms with Crippen molar-refractivity contribution in [3.63, 3.8) is 0 Å². The number of ether oxygens (including phenoxy) is 3. The fourth-order valence-corrected chi connectivity index (χ4v) is 6.88. The second kappa shape index (κ2) is 5.91. The largest absolute Gasteiger partial charge is 0.462 e. The molecule has 7 unspecified atom stereocenters. The monoisotopic (exact) mass is 390 g/mol. The predicted molar refractivity (Wildman–Crippen MR) is 100 cm³/mol. The molecule has 4 fully saturated rings. The van der Waals surface area contributed by atoms with Gasteiger partial charge in [0.1, 0.15) is 18.0 Å². The molecule has 2 saturated carbocycles. The normalized spacial score (nSPS) is 47.4. The first kappa shape index (κ1) is 19.6. The molecular formula is C22H30O6. The molecule has 2 aliphatic heterocycles. The Hall–Kier alpha value is -1.69. The first-order chi connectivity index (χ1) is 13.0. The Morgan fingerprint density at radius 3 is 2.57 bits per heavy atom. The van der Waals surface area contributed by atoms with Crippen molar-refractivity contribution in [1.29, 1.82) is 0 Å². The van der Waals surface area contributed by atoms with E-state index < -0.39 is 40.5 Å². The van der Waals surface area contributed by atoms with Gasteiger partial charge in [0.2, 0.25) is 0 Å². The highest BCUT2D eigenvalue weighted by atomic mass is 16.6. The van der Waals surface area contributed by atoms with E-state index >= 15 is 0 Å². The summed E-state index contributed by atoms with van der Waals surface area (Å²) >= 11 is 0. The van der Waals surface area contributed by atoms with Gasteiger partial charge < -0.3 is 14.2 Å². The Kier molecular flexibility index (Phi) is 4.14. The van der Waals surface area contributed by atoms with Crippen LogP contribution in [0.5, 0.6) is 0 Å². The Balaban J connectivity index is 1.95. The summed E-state index contributed by atoms with van der Waals surface area (Å²) in [4.78, 5) is 37.8. The molecule has 0 bridgehead atoms. The van der Waals surface area contributed by atoms with Crippen LogP contribution in [0.1, 0.15) is 53.9 Å². The van der Waals surface area contributed by atoms with E-state index in [2.05, 4.69) is 27.4 Å². The van der Waals surface area contributed by atoms with Crippen molar-refractivity contribution in [2.75, 3.05) is 6.61 Å². The second-order valence-corrected chi connectivity index (χ2v) is 9.95. The van der Waals surface area contributed by atoms with Crippen molar-refractivity contribution in [2.24, 2.45) is 28.6 Å².